The van der Waals surface area contributed by atoms with E-state index in [2.05, 4.69) is 11.1 Å². The zero-order valence-electron chi connectivity index (χ0n) is 12.6. The van der Waals surface area contributed by atoms with E-state index in [0.717, 1.165) is 30.8 Å². The quantitative estimate of drug-likeness (QED) is 0.794. The molecule has 1 amide bonds. The molecule has 2 aliphatic heterocycles. The Balaban J connectivity index is 1.58. The maximum absolute atomic E-state index is 12.8. The number of para-hydroxylation sites is 1. The fourth-order valence-electron chi connectivity index (χ4n) is 3.34. The lowest BCUT2D eigenvalue weighted by Crippen LogP contribution is -2.37. The maximum Gasteiger partial charge on any atom is 0.254 e. The van der Waals surface area contributed by atoms with Gasteiger partial charge in [-0.3, -0.25) is 14.2 Å². The van der Waals surface area contributed by atoms with E-state index in [1.165, 1.54) is 17.8 Å². The number of carbonyl (C=O) groups is 1. The zero-order valence-corrected chi connectivity index (χ0v) is 13.5. The summed E-state index contributed by atoms with van der Waals surface area (Å²) in [4.78, 5) is 31.0. The van der Waals surface area contributed by atoms with Gasteiger partial charge in [0, 0.05) is 36.7 Å². The maximum atomic E-state index is 12.8. The lowest BCUT2D eigenvalue weighted by molar-refractivity contribution is -0.119. The largest absolute Gasteiger partial charge is 0.312 e. The molecule has 23 heavy (non-hydrogen) atoms. The summed E-state index contributed by atoms with van der Waals surface area (Å²) in [7, 11) is 0. The van der Waals surface area contributed by atoms with E-state index < -0.39 is 0 Å². The van der Waals surface area contributed by atoms with Crippen molar-refractivity contribution < 1.29 is 4.79 Å². The second-order valence-electron chi connectivity index (χ2n) is 5.88. The van der Waals surface area contributed by atoms with Gasteiger partial charge in [-0.2, -0.15) is 0 Å². The van der Waals surface area contributed by atoms with Crippen LogP contribution in [0.15, 0.2) is 46.5 Å². The molecule has 6 heteroatoms. The first-order chi connectivity index (χ1) is 11.2. The number of nitrogens with zero attached hydrogens (tertiary/aromatic N) is 3. The third-order valence-electron chi connectivity index (χ3n) is 4.44. The lowest BCUT2D eigenvalue weighted by atomic mass is 10.0. The Bertz CT molecular complexity index is 817. The summed E-state index contributed by atoms with van der Waals surface area (Å²) in [6.45, 7) is 0.754. The number of aromatic nitrogens is 2. The van der Waals surface area contributed by atoms with Gasteiger partial charge >= 0.3 is 0 Å². The normalized spacial score (nSPS) is 19.3. The molecule has 3 heterocycles. The molecule has 1 aromatic heterocycles. The second kappa shape index (κ2) is 5.85. The highest BCUT2D eigenvalue weighted by Crippen LogP contribution is 2.33. The van der Waals surface area contributed by atoms with Crippen molar-refractivity contribution in [2.75, 3.05) is 17.2 Å². The van der Waals surface area contributed by atoms with Crippen LogP contribution in [0.4, 0.5) is 5.69 Å². The van der Waals surface area contributed by atoms with Gasteiger partial charge in [-0.25, -0.2) is 4.98 Å². The summed E-state index contributed by atoms with van der Waals surface area (Å²) >= 11 is 1.55. The fraction of sp³-hybridized carbons (Fsp3) is 0.353. The summed E-state index contributed by atoms with van der Waals surface area (Å²) in [6, 6.07) is 9.45. The van der Waals surface area contributed by atoms with E-state index in [1.54, 1.807) is 16.3 Å². The number of fused-ring (bicyclic) bond motifs is 2. The van der Waals surface area contributed by atoms with Crippen molar-refractivity contribution in [3.05, 3.63) is 52.4 Å². The molecule has 2 aromatic rings. The van der Waals surface area contributed by atoms with Crippen LogP contribution in [0.5, 0.6) is 0 Å². The average Bonchev–Trinajstić information content (AvgIpc) is 2.98. The summed E-state index contributed by atoms with van der Waals surface area (Å²) in [5.74, 6) is 0.819. The second-order valence-corrected chi connectivity index (χ2v) is 6.87. The monoisotopic (exact) mass is 327 g/mol. The van der Waals surface area contributed by atoms with Crippen LogP contribution < -0.4 is 10.5 Å². The van der Waals surface area contributed by atoms with Crippen molar-refractivity contribution in [3.63, 3.8) is 0 Å². The Labute approximate surface area is 138 Å². The Hall–Kier alpha value is -2.08. The average molecular weight is 327 g/mol. The topological polar surface area (TPSA) is 55.2 Å². The SMILES string of the molecule is O=C(C[C@@H]1CSc2nccc(=O)n21)N1CCCc2ccccc21. The van der Waals surface area contributed by atoms with Gasteiger partial charge in [0.15, 0.2) is 5.16 Å². The highest BCUT2D eigenvalue weighted by Gasteiger charge is 2.30. The molecule has 5 nitrogen and oxygen atoms in total. The summed E-state index contributed by atoms with van der Waals surface area (Å²) in [5.41, 5.74) is 2.18. The Morgan fingerprint density at radius 1 is 1.30 bits per heavy atom. The molecule has 4 rings (SSSR count). The van der Waals surface area contributed by atoms with Crippen LogP contribution in [0.2, 0.25) is 0 Å². The molecule has 0 bridgehead atoms. The van der Waals surface area contributed by atoms with E-state index in [4.69, 9.17) is 0 Å². The van der Waals surface area contributed by atoms with E-state index in [1.807, 2.05) is 23.1 Å². The third-order valence-corrected chi connectivity index (χ3v) is 5.55. The van der Waals surface area contributed by atoms with Gasteiger partial charge in [0.05, 0.1) is 6.04 Å². The van der Waals surface area contributed by atoms with E-state index in [-0.39, 0.29) is 17.5 Å². The molecule has 1 aromatic carbocycles. The van der Waals surface area contributed by atoms with Crippen molar-refractivity contribution in [2.45, 2.75) is 30.5 Å². The van der Waals surface area contributed by atoms with E-state index >= 15 is 0 Å². The van der Waals surface area contributed by atoms with Gasteiger partial charge in [-0.15, -0.1) is 0 Å². The van der Waals surface area contributed by atoms with Crippen LogP contribution in [-0.2, 0) is 11.2 Å². The number of amides is 1. The highest BCUT2D eigenvalue weighted by atomic mass is 32.2. The molecular weight excluding hydrogens is 310 g/mol. The highest BCUT2D eigenvalue weighted by molar-refractivity contribution is 7.99. The number of anilines is 1. The molecule has 0 unspecified atom stereocenters. The molecule has 0 radical (unpaired) electrons. The smallest absolute Gasteiger partial charge is 0.254 e. The van der Waals surface area contributed by atoms with Crippen LogP contribution in [-0.4, -0.2) is 27.8 Å². The van der Waals surface area contributed by atoms with Gasteiger partial charge in [-0.05, 0) is 24.5 Å². The van der Waals surface area contributed by atoms with E-state index in [0.29, 0.717) is 11.6 Å². The fourth-order valence-corrected chi connectivity index (χ4v) is 4.47. The van der Waals surface area contributed by atoms with E-state index in [9.17, 15) is 9.59 Å². The number of rotatable bonds is 2. The predicted octanol–water partition coefficient (Wildman–Crippen LogP) is 2.26. The first-order valence-electron chi connectivity index (χ1n) is 7.82. The number of thioether (sulfide) groups is 1. The van der Waals surface area contributed by atoms with Crippen molar-refractivity contribution in [1.29, 1.82) is 0 Å². The van der Waals surface area contributed by atoms with Gasteiger partial charge < -0.3 is 4.90 Å². The standard InChI is InChI=1S/C17H17N3O2S/c21-15-7-8-18-17-20(15)13(11-23-17)10-16(22)19-9-3-5-12-4-1-2-6-14(12)19/h1-2,4,6-8,13H,3,5,9-11H2/t13-/m1/s1. The molecule has 1 atom stereocenters. The number of carbonyl (C=O) groups excluding carboxylic acids is 1. The first-order valence-corrected chi connectivity index (χ1v) is 8.81. The molecule has 0 aliphatic carbocycles. The van der Waals surface area contributed by atoms with Crippen LogP contribution >= 0.6 is 11.8 Å². The zero-order chi connectivity index (χ0) is 15.8. The lowest BCUT2D eigenvalue weighted by Gasteiger charge is -2.30. The van der Waals surface area contributed by atoms with Crippen molar-refractivity contribution in [2.24, 2.45) is 0 Å². The van der Waals surface area contributed by atoms with Gasteiger partial charge in [0.1, 0.15) is 0 Å². The van der Waals surface area contributed by atoms with Gasteiger partial charge in [0.25, 0.3) is 5.56 Å². The predicted molar refractivity (Wildman–Crippen MR) is 90.0 cm³/mol. The van der Waals surface area contributed by atoms with Crippen LogP contribution in [0.3, 0.4) is 0 Å². The number of hydrogen-bond donors (Lipinski definition) is 0. The molecule has 0 N–H and O–H groups in total. The Kier molecular flexibility index (Phi) is 3.69. The summed E-state index contributed by atoms with van der Waals surface area (Å²) in [6.07, 6.45) is 3.89. The molecule has 0 saturated heterocycles. The minimum absolute atomic E-state index is 0.0724. The molecule has 0 fully saturated rings. The third kappa shape index (κ3) is 2.57. The Morgan fingerprint density at radius 3 is 3.09 bits per heavy atom. The first kappa shape index (κ1) is 14.5. The Morgan fingerprint density at radius 2 is 2.17 bits per heavy atom. The summed E-state index contributed by atoms with van der Waals surface area (Å²) < 4.78 is 1.67. The molecule has 0 saturated carbocycles. The molecule has 0 spiro atoms. The van der Waals surface area contributed by atoms with Gasteiger partial charge in [-0.1, -0.05) is 30.0 Å². The number of aryl methyl sites for hydroxylation is 1. The van der Waals surface area contributed by atoms with Gasteiger partial charge in [0.2, 0.25) is 5.91 Å². The minimum atomic E-state index is -0.0993. The number of hydrogen-bond acceptors (Lipinski definition) is 4. The van der Waals surface area contributed by atoms with Crippen molar-refractivity contribution >= 4 is 23.4 Å². The van der Waals surface area contributed by atoms with Crippen molar-refractivity contribution in [3.8, 4) is 0 Å². The minimum Gasteiger partial charge on any atom is -0.312 e. The summed E-state index contributed by atoms with van der Waals surface area (Å²) in [5, 5.41) is 0.717. The van der Waals surface area contributed by atoms with Crippen molar-refractivity contribution in [1.82, 2.24) is 9.55 Å². The number of benzene rings is 1. The van der Waals surface area contributed by atoms with Crippen LogP contribution in [0.1, 0.15) is 24.4 Å². The van der Waals surface area contributed by atoms with Crippen LogP contribution in [0, 0.1) is 0 Å². The molecular formula is C17H17N3O2S. The molecule has 2 aliphatic rings. The van der Waals surface area contributed by atoms with Crippen LogP contribution in [0.25, 0.3) is 0 Å². The molecule has 118 valence electrons.